The van der Waals surface area contributed by atoms with E-state index in [-0.39, 0.29) is 24.7 Å². The standard InChI is InChI=1S/C21H26N2O6.3ClH.2H3N.Pt/c1-26-17-8-7-13(9-16(17)23-21(25)15(22)12-24)5-6-14-10-18(27-2)20(29-4)19(11-14)28-3;;;;;;/h5-11,15,24H,12,22H2,1-4H3,(H,23,25);3*1H;2*1H3;/q;;;;;;+2/p-2/b6-5-;;;;;;/t15-;;;;;;/m0....../s1. The van der Waals surface area contributed by atoms with Gasteiger partial charge in [0.15, 0.2) is 11.5 Å². The van der Waals surface area contributed by atoms with Crippen molar-refractivity contribution in [3.05, 3.63) is 41.5 Å². The number of carbonyl (C=O) groups is 1. The molecule has 0 spiro atoms. The van der Waals surface area contributed by atoms with E-state index in [0.717, 1.165) is 11.1 Å². The van der Waals surface area contributed by atoms with Gasteiger partial charge in [-0.15, -0.1) is 12.4 Å². The van der Waals surface area contributed by atoms with E-state index in [1.54, 1.807) is 33.5 Å². The molecule has 35 heavy (non-hydrogen) atoms. The number of methoxy groups -OCH3 is 4. The quantitative estimate of drug-likeness (QED) is 0.235. The topological polar surface area (TPSA) is 182 Å². The molecule has 0 heterocycles. The van der Waals surface area contributed by atoms with Crippen LogP contribution in [0, 0.1) is 0 Å². The van der Waals surface area contributed by atoms with Crippen molar-refractivity contribution < 1.29 is 45.3 Å². The molecule has 204 valence electrons. The fraction of sp³-hybridized carbons (Fsp3) is 0.286. The summed E-state index contributed by atoms with van der Waals surface area (Å²) >= 11 is -0.472. The van der Waals surface area contributed by atoms with Gasteiger partial charge in [-0.05, 0) is 35.4 Å². The second-order valence-electron chi connectivity index (χ2n) is 6.08. The summed E-state index contributed by atoms with van der Waals surface area (Å²) in [5, 5.41) is 11.7. The van der Waals surface area contributed by atoms with E-state index in [1.165, 1.54) is 7.11 Å². The number of aliphatic hydroxyl groups excluding tert-OH is 1. The van der Waals surface area contributed by atoms with Crippen LogP contribution in [0.2, 0.25) is 0 Å². The van der Waals surface area contributed by atoms with Crippen LogP contribution in [0.5, 0.6) is 23.0 Å². The molecule has 0 saturated heterocycles. The van der Waals surface area contributed by atoms with Gasteiger partial charge < -0.3 is 47.4 Å². The van der Waals surface area contributed by atoms with Crippen molar-refractivity contribution in [1.29, 1.82) is 0 Å². The van der Waals surface area contributed by atoms with Crippen molar-refractivity contribution in [2.24, 2.45) is 5.73 Å². The van der Waals surface area contributed by atoms with Crippen LogP contribution in [0.25, 0.3) is 12.2 Å². The predicted molar refractivity (Wildman–Crippen MR) is 141 cm³/mol. The summed E-state index contributed by atoms with van der Waals surface area (Å²) in [4.78, 5) is 12.0. The van der Waals surface area contributed by atoms with Gasteiger partial charge in [-0.1, -0.05) is 18.2 Å². The van der Waals surface area contributed by atoms with Gasteiger partial charge in [0.1, 0.15) is 11.8 Å². The molecule has 0 aliphatic rings. The van der Waals surface area contributed by atoms with Gasteiger partial charge in [-0.3, -0.25) is 4.79 Å². The summed E-state index contributed by atoms with van der Waals surface area (Å²) in [6.45, 7) is -0.450. The molecule has 0 fully saturated rings. The zero-order valence-corrected chi connectivity index (χ0v) is 24.4. The summed E-state index contributed by atoms with van der Waals surface area (Å²) in [5.74, 6) is 1.59. The summed E-state index contributed by atoms with van der Waals surface area (Å²) in [7, 11) is 15.9. The van der Waals surface area contributed by atoms with Gasteiger partial charge in [0.25, 0.3) is 0 Å². The number of rotatable bonds is 9. The van der Waals surface area contributed by atoms with Crippen molar-refractivity contribution in [2.75, 3.05) is 40.4 Å². The van der Waals surface area contributed by atoms with Crippen molar-refractivity contribution in [1.82, 2.24) is 12.3 Å². The van der Waals surface area contributed by atoms with Crippen molar-refractivity contribution in [2.45, 2.75) is 6.04 Å². The third-order valence-corrected chi connectivity index (χ3v) is 4.17. The van der Waals surface area contributed by atoms with Gasteiger partial charge in [0, 0.05) is 0 Å². The number of carbonyl (C=O) groups excluding carboxylic acids is 1. The van der Waals surface area contributed by atoms with Gasteiger partial charge in [0.05, 0.1) is 40.7 Å². The maximum absolute atomic E-state index is 12.0. The van der Waals surface area contributed by atoms with Crippen LogP contribution < -0.4 is 42.3 Å². The van der Waals surface area contributed by atoms with E-state index in [0.29, 0.717) is 28.7 Å². The molecule has 0 aromatic heterocycles. The molecule has 10 N–H and O–H groups in total. The van der Waals surface area contributed by atoms with E-state index in [2.05, 4.69) is 5.32 Å². The van der Waals surface area contributed by atoms with Crippen LogP contribution in [0.4, 0.5) is 5.69 Å². The van der Waals surface area contributed by atoms with Crippen LogP contribution in [0.15, 0.2) is 30.3 Å². The van der Waals surface area contributed by atoms with Crippen molar-refractivity contribution >= 4 is 55.0 Å². The number of halogens is 3. The first-order valence-electron chi connectivity index (χ1n) is 9.04. The molecule has 0 bridgehead atoms. The van der Waals surface area contributed by atoms with Crippen molar-refractivity contribution in [3.63, 3.8) is 0 Å². The number of hydrogen-bond acceptors (Lipinski definition) is 9. The summed E-state index contributed by atoms with van der Waals surface area (Å²) in [6.07, 6.45) is 3.74. The van der Waals surface area contributed by atoms with Gasteiger partial charge in [-0.25, -0.2) is 0 Å². The Morgan fingerprint density at radius 2 is 1.46 bits per heavy atom. The Bertz CT molecular complexity index is 900. The Labute approximate surface area is 228 Å². The van der Waals surface area contributed by atoms with Gasteiger partial charge in [-0.2, -0.15) is 0 Å². The van der Waals surface area contributed by atoms with Crippen LogP contribution >= 0.6 is 31.2 Å². The molecule has 10 nitrogen and oxygen atoms in total. The minimum absolute atomic E-state index is 0. The van der Waals surface area contributed by atoms with Gasteiger partial charge >= 0.3 is 35.3 Å². The fourth-order valence-electron chi connectivity index (χ4n) is 2.63. The zero-order chi connectivity index (χ0) is 24.1. The second-order valence-corrected chi connectivity index (χ2v) is 9.36. The monoisotopic (exact) mass is 737 g/mol. The molecule has 1 amide bonds. The first-order valence-corrected chi connectivity index (χ1v) is 14.7. The Morgan fingerprint density at radius 1 is 0.971 bits per heavy atom. The van der Waals surface area contributed by atoms with Crippen LogP contribution in [-0.2, 0) is 21.3 Å². The van der Waals surface area contributed by atoms with E-state index in [4.69, 9.17) is 48.6 Å². The summed E-state index contributed by atoms with van der Waals surface area (Å²) in [6, 6.07) is 7.95. The molecule has 2 aromatic carbocycles. The molecule has 14 heteroatoms. The van der Waals surface area contributed by atoms with Crippen LogP contribution in [0.3, 0.4) is 0 Å². The Hall–Kier alpha value is -1.75. The normalized spacial score (nSPS) is 10.4. The Kier molecular flexibility index (Phi) is 22.1. The molecule has 0 unspecified atom stereocenters. The molecular formula is C21H33Cl3N4O6Pt. The minimum atomic E-state index is -1.02. The number of nitrogens with one attached hydrogen (secondary N) is 1. The number of benzene rings is 2. The SMILES string of the molecule is COc1ccc(/C=C\c2cc(OC)c(OC)c(OC)c2)cc1NC(=O)[C@@H](N)CO.Cl.N.N.[Cl][Pt][Cl]. The number of anilines is 1. The van der Waals surface area contributed by atoms with E-state index in [1.807, 2.05) is 30.4 Å². The molecule has 2 rings (SSSR count). The molecule has 0 saturated carbocycles. The molecule has 0 aliphatic carbocycles. The van der Waals surface area contributed by atoms with Crippen LogP contribution in [0.1, 0.15) is 11.1 Å². The zero-order valence-electron chi connectivity index (χ0n) is 19.8. The van der Waals surface area contributed by atoms with E-state index < -0.39 is 35.0 Å². The second kappa shape index (κ2) is 20.4. The van der Waals surface area contributed by atoms with Crippen molar-refractivity contribution in [3.8, 4) is 23.0 Å². The van der Waals surface area contributed by atoms with Gasteiger partial charge in [0.2, 0.25) is 11.7 Å². The molecule has 0 aliphatic heterocycles. The first kappa shape index (κ1) is 37.8. The molecule has 2 aromatic rings. The fourth-order valence-corrected chi connectivity index (χ4v) is 2.63. The average molecular weight is 739 g/mol. The third kappa shape index (κ3) is 11.7. The number of ether oxygens (including phenoxy) is 4. The maximum atomic E-state index is 12.0. The first-order chi connectivity index (χ1) is 15.4. The van der Waals surface area contributed by atoms with Crippen LogP contribution in [-0.4, -0.2) is 52.1 Å². The molecular weight excluding hydrogens is 706 g/mol. The molecule has 1 atom stereocenters. The number of amides is 1. The summed E-state index contributed by atoms with van der Waals surface area (Å²) in [5.41, 5.74) is 7.66. The van der Waals surface area contributed by atoms with E-state index >= 15 is 0 Å². The number of aliphatic hydroxyl groups is 1. The molecule has 0 radical (unpaired) electrons. The average Bonchev–Trinajstić information content (AvgIpc) is 2.81. The third-order valence-electron chi connectivity index (χ3n) is 4.17. The Morgan fingerprint density at radius 3 is 1.89 bits per heavy atom. The predicted octanol–water partition coefficient (Wildman–Crippen LogP) is 4.27. The number of nitrogens with two attached hydrogens (primary N) is 1. The van der Waals surface area contributed by atoms with E-state index in [9.17, 15) is 4.79 Å². The number of hydrogen-bond donors (Lipinski definition) is 5. The Balaban J connectivity index is -0.00000162. The summed E-state index contributed by atoms with van der Waals surface area (Å²) < 4.78 is 21.3.